The zero-order chi connectivity index (χ0) is 24.4. The molecule has 180 valence electrons. The molecule has 0 radical (unpaired) electrons. The Labute approximate surface area is 192 Å². The molecule has 1 aliphatic heterocycles. The smallest absolute Gasteiger partial charge is 0.268 e. The highest BCUT2D eigenvalue weighted by Crippen LogP contribution is 2.43. The van der Waals surface area contributed by atoms with Gasteiger partial charge >= 0.3 is 0 Å². The average molecular weight is 496 g/mol. The van der Waals surface area contributed by atoms with E-state index in [0.29, 0.717) is 12.8 Å². The molecular formula is C22H20F4N4O3S. The molecule has 5 rings (SSSR count). The Morgan fingerprint density at radius 1 is 1.21 bits per heavy atom. The average Bonchev–Trinajstić information content (AvgIpc) is 3.22. The number of fused-ring (bicyclic) bond motifs is 1. The normalized spacial score (nSPS) is 21.7. The number of alkyl halides is 1. The molecule has 0 unspecified atom stereocenters. The molecule has 34 heavy (non-hydrogen) atoms. The summed E-state index contributed by atoms with van der Waals surface area (Å²) >= 11 is 0. The van der Waals surface area contributed by atoms with Gasteiger partial charge in [-0.05, 0) is 44.0 Å². The summed E-state index contributed by atoms with van der Waals surface area (Å²) in [6.07, 6.45) is 1.55. The fourth-order valence-corrected chi connectivity index (χ4v) is 5.52. The molecular weight excluding hydrogens is 476 g/mol. The van der Waals surface area contributed by atoms with Gasteiger partial charge in [-0.3, -0.25) is 4.79 Å². The zero-order valence-corrected chi connectivity index (χ0v) is 18.8. The van der Waals surface area contributed by atoms with E-state index in [1.807, 2.05) is 4.72 Å². The summed E-state index contributed by atoms with van der Waals surface area (Å²) in [6, 6.07) is 3.11. The third kappa shape index (κ3) is 3.60. The minimum atomic E-state index is -3.98. The molecule has 1 saturated carbocycles. The fourth-order valence-electron chi connectivity index (χ4n) is 4.28. The highest BCUT2D eigenvalue weighted by atomic mass is 32.2. The lowest BCUT2D eigenvalue weighted by atomic mass is 10.0. The Hall–Kier alpha value is -3.15. The lowest BCUT2D eigenvalue weighted by Crippen LogP contribution is -2.38. The van der Waals surface area contributed by atoms with Gasteiger partial charge in [0.15, 0.2) is 5.82 Å². The van der Waals surface area contributed by atoms with Gasteiger partial charge in [0, 0.05) is 24.7 Å². The van der Waals surface area contributed by atoms with E-state index in [-0.39, 0.29) is 35.3 Å². The highest BCUT2D eigenvalue weighted by molar-refractivity contribution is 7.91. The molecule has 2 atom stereocenters. The molecule has 2 aliphatic rings. The lowest BCUT2D eigenvalue weighted by molar-refractivity contribution is 0.0982. The molecule has 1 N–H and O–H groups in total. The minimum Gasteiger partial charge on any atom is -0.359 e. The van der Waals surface area contributed by atoms with Crippen LogP contribution < -0.4 is 9.62 Å². The maximum Gasteiger partial charge on any atom is 0.268 e. The van der Waals surface area contributed by atoms with E-state index in [1.165, 1.54) is 24.1 Å². The van der Waals surface area contributed by atoms with Crippen molar-refractivity contribution < 1.29 is 30.8 Å². The topological polar surface area (TPSA) is 83.8 Å². The number of nitrogens with one attached hydrogen (secondary N) is 1. The van der Waals surface area contributed by atoms with E-state index < -0.39 is 50.3 Å². The van der Waals surface area contributed by atoms with Crippen molar-refractivity contribution >= 4 is 27.1 Å². The first-order chi connectivity index (χ1) is 16.0. The number of aromatic nitrogens is 2. The first kappa shape index (κ1) is 22.6. The van der Waals surface area contributed by atoms with Crippen molar-refractivity contribution in [2.45, 2.75) is 43.1 Å². The van der Waals surface area contributed by atoms with Crippen LogP contribution in [0.4, 0.5) is 23.2 Å². The van der Waals surface area contributed by atoms with Crippen molar-refractivity contribution in [1.29, 1.82) is 0 Å². The molecule has 3 aromatic rings. The summed E-state index contributed by atoms with van der Waals surface area (Å²) in [7, 11) is -3.98. The summed E-state index contributed by atoms with van der Waals surface area (Å²) in [4.78, 5) is 14.0. The van der Waals surface area contributed by atoms with Crippen molar-refractivity contribution in [3.05, 3.63) is 65.2 Å². The van der Waals surface area contributed by atoms with Crippen molar-refractivity contribution in [3.63, 3.8) is 0 Å². The SMILES string of the molecule is CC1(S(=O)(=O)NC(=O)c2cnn3ccc(N4C[C@@H](F)C[C@@H]4c4cc(F)ccc4F)c(F)c23)CC1. The number of benzene rings is 1. The molecule has 0 spiro atoms. The lowest BCUT2D eigenvalue weighted by Gasteiger charge is -2.27. The Morgan fingerprint density at radius 3 is 2.65 bits per heavy atom. The first-order valence-electron chi connectivity index (χ1n) is 10.6. The second kappa shape index (κ2) is 7.69. The van der Waals surface area contributed by atoms with Crippen LogP contribution in [0.2, 0.25) is 0 Å². The van der Waals surface area contributed by atoms with Gasteiger partial charge in [0.1, 0.15) is 23.3 Å². The van der Waals surface area contributed by atoms with Crippen molar-refractivity contribution in [2.75, 3.05) is 11.4 Å². The number of sulfonamides is 1. The van der Waals surface area contributed by atoms with Crippen LogP contribution in [-0.4, -0.2) is 41.4 Å². The van der Waals surface area contributed by atoms with Gasteiger partial charge < -0.3 is 4.90 Å². The van der Waals surface area contributed by atoms with Crippen LogP contribution in [0.1, 0.15) is 48.1 Å². The summed E-state index contributed by atoms with van der Waals surface area (Å²) < 4.78 is 85.2. The molecule has 1 saturated heterocycles. The number of rotatable bonds is 5. The van der Waals surface area contributed by atoms with Gasteiger partial charge in [-0.2, -0.15) is 5.10 Å². The predicted molar refractivity (Wildman–Crippen MR) is 115 cm³/mol. The third-order valence-corrected chi connectivity index (χ3v) is 8.71. The van der Waals surface area contributed by atoms with E-state index in [1.54, 1.807) is 0 Å². The monoisotopic (exact) mass is 496 g/mol. The molecule has 1 aliphatic carbocycles. The molecule has 1 aromatic carbocycles. The number of carbonyl (C=O) groups is 1. The molecule has 2 fully saturated rings. The Morgan fingerprint density at radius 2 is 1.94 bits per heavy atom. The van der Waals surface area contributed by atoms with Crippen LogP contribution >= 0.6 is 0 Å². The standard InChI is InChI=1S/C22H20F4N4O3S/c1-22(5-6-22)34(32,33)28-21(31)15-10-27-30-7-4-17(19(26)20(15)30)29-11-13(24)9-18(29)14-8-12(23)2-3-16(14)25/h2-4,7-8,10,13,18H,5-6,9,11H2,1H3,(H,28,31)/t13-,18+/m0/s1. The van der Waals surface area contributed by atoms with Gasteiger partial charge in [-0.15, -0.1) is 0 Å². The van der Waals surface area contributed by atoms with Crippen molar-refractivity contribution in [3.8, 4) is 0 Å². The fraction of sp³-hybridized carbons (Fsp3) is 0.364. The maximum atomic E-state index is 15.7. The van der Waals surface area contributed by atoms with Crippen LogP contribution in [-0.2, 0) is 10.0 Å². The summed E-state index contributed by atoms with van der Waals surface area (Å²) in [5, 5.41) is 3.91. The van der Waals surface area contributed by atoms with Gasteiger partial charge in [0.05, 0.1) is 28.2 Å². The Bertz CT molecular complexity index is 1420. The van der Waals surface area contributed by atoms with Crippen LogP contribution in [0.25, 0.3) is 5.52 Å². The number of hydrogen-bond donors (Lipinski definition) is 1. The van der Waals surface area contributed by atoms with Crippen LogP contribution in [0.5, 0.6) is 0 Å². The molecule has 3 heterocycles. The van der Waals surface area contributed by atoms with E-state index in [4.69, 9.17) is 0 Å². The van der Waals surface area contributed by atoms with Crippen LogP contribution in [0.3, 0.4) is 0 Å². The Balaban J connectivity index is 1.55. The largest absolute Gasteiger partial charge is 0.359 e. The first-order valence-corrected chi connectivity index (χ1v) is 12.1. The second-order valence-corrected chi connectivity index (χ2v) is 11.1. The van der Waals surface area contributed by atoms with Gasteiger partial charge in [0.25, 0.3) is 5.91 Å². The van der Waals surface area contributed by atoms with Crippen molar-refractivity contribution in [2.24, 2.45) is 0 Å². The maximum absolute atomic E-state index is 15.7. The number of carbonyl (C=O) groups excluding carboxylic acids is 1. The van der Waals surface area contributed by atoms with E-state index >= 15 is 4.39 Å². The van der Waals surface area contributed by atoms with Crippen LogP contribution in [0, 0.1) is 17.5 Å². The van der Waals surface area contributed by atoms with Crippen LogP contribution in [0.15, 0.2) is 36.7 Å². The Kier molecular flexibility index (Phi) is 5.12. The number of hydrogen-bond acceptors (Lipinski definition) is 5. The number of anilines is 1. The highest BCUT2D eigenvalue weighted by Gasteiger charge is 2.51. The zero-order valence-electron chi connectivity index (χ0n) is 17.9. The van der Waals surface area contributed by atoms with Crippen molar-refractivity contribution in [1.82, 2.24) is 14.3 Å². The second-order valence-electron chi connectivity index (χ2n) is 8.92. The third-order valence-electron chi connectivity index (χ3n) is 6.55. The minimum absolute atomic E-state index is 0.116. The molecule has 2 aromatic heterocycles. The number of nitrogens with zero attached hydrogens (tertiary/aromatic N) is 3. The van der Waals surface area contributed by atoms with Gasteiger partial charge in [-0.25, -0.2) is 35.2 Å². The van der Waals surface area contributed by atoms with E-state index in [9.17, 15) is 26.4 Å². The summed E-state index contributed by atoms with van der Waals surface area (Å²) in [5.41, 5.74) is -0.897. The molecule has 1 amide bonds. The quantitative estimate of drug-likeness (QED) is 0.546. The van der Waals surface area contributed by atoms with E-state index in [0.717, 1.165) is 28.9 Å². The summed E-state index contributed by atoms with van der Waals surface area (Å²) in [5.74, 6) is -3.47. The van der Waals surface area contributed by atoms with Gasteiger partial charge in [0.2, 0.25) is 10.0 Å². The van der Waals surface area contributed by atoms with Gasteiger partial charge in [-0.1, -0.05) is 0 Å². The predicted octanol–water partition coefficient (Wildman–Crippen LogP) is 3.65. The molecule has 7 nitrogen and oxygen atoms in total. The van der Waals surface area contributed by atoms with E-state index in [2.05, 4.69) is 5.10 Å². The molecule has 12 heteroatoms. The summed E-state index contributed by atoms with van der Waals surface area (Å²) in [6.45, 7) is 1.22. The number of amides is 1. The number of pyridine rings is 1. The number of halogens is 4. The molecule has 0 bridgehead atoms.